The summed E-state index contributed by atoms with van der Waals surface area (Å²) in [5, 5.41) is 3.18. The number of amides is 1. The molecule has 1 heterocycles. The summed E-state index contributed by atoms with van der Waals surface area (Å²) in [6.07, 6.45) is 1.01. The number of hydrogen-bond donors (Lipinski definition) is 1. The summed E-state index contributed by atoms with van der Waals surface area (Å²) in [5.74, 6) is 0.125. The van der Waals surface area contributed by atoms with Gasteiger partial charge in [0.1, 0.15) is 6.61 Å². The zero-order valence-electron chi connectivity index (χ0n) is 9.08. The molecule has 14 heavy (non-hydrogen) atoms. The van der Waals surface area contributed by atoms with Crippen LogP contribution in [0.1, 0.15) is 20.3 Å². The van der Waals surface area contributed by atoms with Crippen LogP contribution in [0.2, 0.25) is 0 Å². The maximum absolute atomic E-state index is 11.7. The van der Waals surface area contributed by atoms with Crippen molar-refractivity contribution in [3.05, 3.63) is 0 Å². The molecule has 0 radical (unpaired) electrons. The van der Waals surface area contributed by atoms with Crippen molar-refractivity contribution in [2.75, 3.05) is 32.8 Å². The molecule has 0 aromatic rings. The van der Waals surface area contributed by atoms with E-state index >= 15 is 0 Å². The summed E-state index contributed by atoms with van der Waals surface area (Å²) in [4.78, 5) is 13.6. The van der Waals surface area contributed by atoms with E-state index in [0.29, 0.717) is 12.6 Å². The highest BCUT2D eigenvalue weighted by atomic mass is 16.5. The second-order valence-electron chi connectivity index (χ2n) is 3.54. The maximum atomic E-state index is 11.7. The van der Waals surface area contributed by atoms with Gasteiger partial charge in [-0.15, -0.1) is 0 Å². The van der Waals surface area contributed by atoms with Gasteiger partial charge in [0.25, 0.3) is 0 Å². The third kappa shape index (κ3) is 2.96. The molecule has 0 saturated carbocycles. The normalized spacial score (nSPS) is 16.4. The predicted octanol–water partition coefficient (Wildman–Crippen LogP) is 0.233. The fraction of sp³-hybridized carbons (Fsp3) is 0.900. The maximum Gasteiger partial charge on any atom is 0.248 e. The molecule has 0 unspecified atom stereocenters. The van der Waals surface area contributed by atoms with E-state index in [4.69, 9.17) is 4.74 Å². The summed E-state index contributed by atoms with van der Waals surface area (Å²) in [5.41, 5.74) is 0. The Morgan fingerprint density at radius 2 is 2.21 bits per heavy atom. The molecule has 0 aromatic carbocycles. The number of rotatable bonds is 6. The van der Waals surface area contributed by atoms with Gasteiger partial charge in [-0.05, 0) is 13.3 Å². The van der Waals surface area contributed by atoms with Gasteiger partial charge in [-0.1, -0.05) is 6.92 Å². The van der Waals surface area contributed by atoms with Crippen molar-refractivity contribution in [1.82, 2.24) is 10.2 Å². The lowest BCUT2D eigenvalue weighted by atomic mass is 10.1. The third-order valence-corrected chi connectivity index (χ3v) is 2.42. The van der Waals surface area contributed by atoms with E-state index < -0.39 is 0 Å². The Hall–Kier alpha value is -0.610. The van der Waals surface area contributed by atoms with Crippen molar-refractivity contribution in [2.24, 2.45) is 0 Å². The van der Waals surface area contributed by atoms with Crippen molar-refractivity contribution in [3.8, 4) is 0 Å². The van der Waals surface area contributed by atoms with Crippen LogP contribution >= 0.6 is 0 Å². The number of carbonyl (C=O) groups excluding carboxylic acids is 1. The van der Waals surface area contributed by atoms with Crippen LogP contribution in [0.4, 0.5) is 0 Å². The Bertz CT molecular complexity index is 181. The molecule has 1 N–H and O–H groups in total. The van der Waals surface area contributed by atoms with E-state index in [1.165, 1.54) is 0 Å². The summed E-state index contributed by atoms with van der Waals surface area (Å²) in [6, 6.07) is 0.392. The first-order chi connectivity index (χ1) is 6.79. The highest BCUT2D eigenvalue weighted by molar-refractivity contribution is 5.78. The quantitative estimate of drug-likeness (QED) is 0.667. The summed E-state index contributed by atoms with van der Waals surface area (Å²) >= 11 is 0. The molecule has 0 bridgehead atoms. The van der Waals surface area contributed by atoms with Crippen molar-refractivity contribution >= 4 is 5.91 Å². The van der Waals surface area contributed by atoms with Crippen molar-refractivity contribution in [3.63, 3.8) is 0 Å². The van der Waals surface area contributed by atoms with Crippen LogP contribution < -0.4 is 5.32 Å². The summed E-state index contributed by atoms with van der Waals surface area (Å²) in [6.45, 7) is 7.53. The SMILES string of the molecule is CCCN(C(=O)COCC)C1CNC1. The second-order valence-corrected chi connectivity index (χ2v) is 3.54. The van der Waals surface area contributed by atoms with Gasteiger partial charge in [0.15, 0.2) is 0 Å². The minimum atomic E-state index is 0.125. The Balaban J connectivity index is 2.35. The Kier molecular flexibility index (Phi) is 4.90. The average molecular weight is 200 g/mol. The van der Waals surface area contributed by atoms with Gasteiger partial charge >= 0.3 is 0 Å². The minimum absolute atomic E-state index is 0.125. The average Bonchev–Trinajstić information content (AvgIpc) is 2.10. The molecule has 1 amide bonds. The third-order valence-electron chi connectivity index (χ3n) is 2.42. The molecule has 1 aliphatic heterocycles. The number of hydrogen-bond acceptors (Lipinski definition) is 3. The van der Waals surface area contributed by atoms with E-state index in [0.717, 1.165) is 26.1 Å². The van der Waals surface area contributed by atoms with Gasteiger partial charge in [0.2, 0.25) is 5.91 Å². The van der Waals surface area contributed by atoms with E-state index in [2.05, 4.69) is 12.2 Å². The Morgan fingerprint density at radius 3 is 2.64 bits per heavy atom. The smallest absolute Gasteiger partial charge is 0.248 e. The van der Waals surface area contributed by atoms with Crippen LogP contribution in [0.15, 0.2) is 0 Å². The fourth-order valence-electron chi connectivity index (χ4n) is 1.52. The molecule has 1 aliphatic rings. The first-order valence-corrected chi connectivity index (χ1v) is 5.37. The highest BCUT2D eigenvalue weighted by Crippen LogP contribution is 2.06. The molecule has 0 aliphatic carbocycles. The van der Waals surface area contributed by atoms with Gasteiger partial charge in [0.05, 0.1) is 6.04 Å². The molecule has 0 atom stereocenters. The minimum Gasteiger partial charge on any atom is -0.372 e. The number of carbonyl (C=O) groups is 1. The molecular weight excluding hydrogens is 180 g/mol. The zero-order valence-corrected chi connectivity index (χ0v) is 9.08. The molecule has 0 spiro atoms. The van der Waals surface area contributed by atoms with Crippen molar-refractivity contribution in [2.45, 2.75) is 26.3 Å². The molecule has 1 rings (SSSR count). The van der Waals surface area contributed by atoms with Crippen LogP contribution in [0.5, 0.6) is 0 Å². The lowest BCUT2D eigenvalue weighted by Crippen LogP contribution is -2.59. The summed E-state index contributed by atoms with van der Waals surface area (Å²) < 4.78 is 5.13. The van der Waals surface area contributed by atoms with E-state index in [9.17, 15) is 4.79 Å². The fourth-order valence-corrected chi connectivity index (χ4v) is 1.52. The molecule has 1 saturated heterocycles. The number of nitrogens with zero attached hydrogens (tertiary/aromatic N) is 1. The van der Waals surface area contributed by atoms with Crippen molar-refractivity contribution in [1.29, 1.82) is 0 Å². The number of nitrogens with one attached hydrogen (secondary N) is 1. The standard InChI is InChI=1S/C10H20N2O2/c1-3-5-12(9-6-11-7-9)10(13)8-14-4-2/h9,11H,3-8H2,1-2H3. The van der Waals surface area contributed by atoms with E-state index in [-0.39, 0.29) is 12.5 Å². The first kappa shape index (κ1) is 11.5. The number of ether oxygens (including phenoxy) is 1. The van der Waals surface area contributed by atoms with Gasteiger partial charge in [-0.25, -0.2) is 0 Å². The summed E-state index contributed by atoms with van der Waals surface area (Å²) in [7, 11) is 0. The van der Waals surface area contributed by atoms with Crippen molar-refractivity contribution < 1.29 is 9.53 Å². The predicted molar refractivity (Wildman–Crippen MR) is 55.2 cm³/mol. The van der Waals surface area contributed by atoms with Crippen LogP contribution in [0.25, 0.3) is 0 Å². The lowest BCUT2D eigenvalue weighted by molar-refractivity contribution is -0.139. The molecule has 4 heteroatoms. The van der Waals surface area contributed by atoms with Crippen LogP contribution in [0.3, 0.4) is 0 Å². The van der Waals surface area contributed by atoms with Gasteiger partial charge in [-0.2, -0.15) is 0 Å². The topological polar surface area (TPSA) is 41.6 Å². The molecule has 4 nitrogen and oxygen atoms in total. The van der Waals surface area contributed by atoms with E-state index in [1.807, 2.05) is 11.8 Å². The Morgan fingerprint density at radius 1 is 1.50 bits per heavy atom. The van der Waals surface area contributed by atoms with E-state index in [1.54, 1.807) is 0 Å². The molecule has 1 fully saturated rings. The second kappa shape index (κ2) is 5.98. The largest absolute Gasteiger partial charge is 0.372 e. The Labute approximate surface area is 85.6 Å². The van der Waals surface area contributed by atoms with Gasteiger partial charge in [0, 0.05) is 26.2 Å². The lowest BCUT2D eigenvalue weighted by Gasteiger charge is -2.38. The van der Waals surface area contributed by atoms with Crippen LogP contribution in [0, 0.1) is 0 Å². The first-order valence-electron chi connectivity index (χ1n) is 5.37. The molecule has 0 aromatic heterocycles. The monoisotopic (exact) mass is 200 g/mol. The van der Waals surface area contributed by atoms with Gasteiger partial charge < -0.3 is 15.0 Å². The highest BCUT2D eigenvalue weighted by Gasteiger charge is 2.27. The van der Waals surface area contributed by atoms with Crippen LogP contribution in [-0.4, -0.2) is 49.7 Å². The van der Waals surface area contributed by atoms with Crippen LogP contribution in [-0.2, 0) is 9.53 Å². The molecular formula is C10H20N2O2. The molecule has 82 valence electrons. The van der Waals surface area contributed by atoms with Gasteiger partial charge in [-0.3, -0.25) is 4.79 Å². The zero-order chi connectivity index (χ0) is 10.4.